The van der Waals surface area contributed by atoms with Gasteiger partial charge in [-0.2, -0.15) is 0 Å². The zero-order chi connectivity index (χ0) is 18.4. The molecule has 2 aromatic carbocycles. The van der Waals surface area contributed by atoms with Crippen LogP contribution < -0.4 is 10.6 Å². The maximum Gasteiger partial charge on any atom is 0.255 e. The molecule has 3 rings (SSSR count). The molecule has 26 heavy (non-hydrogen) atoms. The number of nitrogens with zero attached hydrogens (tertiary/aromatic N) is 1. The number of benzene rings is 2. The van der Waals surface area contributed by atoms with Gasteiger partial charge >= 0.3 is 0 Å². The van der Waals surface area contributed by atoms with Crippen molar-refractivity contribution < 1.29 is 9.18 Å². The van der Waals surface area contributed by atoms with Gasteiger partial charge in [-0.15, -0.1) is 0 Å². The number of halogens is 2. The molecule has 1 heterocycles. The van der Waals surface area contributed by atoms with E-state index in [1.54, 1.807) is 54.7 Å². The largest absolute Gasteiger partial charge is 0.370 e. The average Bonchev–Trinajstić information content (AvgIpc) is 2.64. The van der Waals surface area contributed by atoms with E-state index in [2.05, 4.69) is 15.6 Å². The summed E-state index contributed by atoms with van der Waals surface area (Å²) in [6.07, 6.45) is 2.30. The van der Waals surface area contributed by atoms with Crippen LogP contribution in [0, 0.1) is 5.82 Å². The highest BCUT2D eigenvalue weighted by Gasteiger charge is 2.08. The van der Waals surface area contributed by atoms with E-state index in [1.807, 2.05) is 0 Å². The van der Waals surface area contributed by atoms with Gasteiger partial charge in [-0.3, -0.25) is 4.79 Å². The van der Waals surface area contributed by atoms with Gasteiger partial charge in [0, 0.05) is 29.0 Å². The van der Waals surface area contributed by atoms with Gasteiger partial charge in [-0.05, 0) is 54.4 Å². The minimum Gasteiger partial charge on any atom is -0.370 e. The molecule has 0 fully saturated rings. The lowest BCUT2D eigenvalue weighted by molar-refractivity contribution is 0.102. The zero-order valence-electron chi connectivity index (χ0n) is 13.9. The van der Waals surface area contributed by atoms with Crippen molar-refractivity contribution in [2.75, 3.05) is 17.2 Å². The van der Waals surface area contributed by atoms with E-state index in [4.69, 9.17) is 11.6 Å². The second-order valence-corrected chi connectivity index (χ2v) is 6.13. The third kappa shape index (κ3) is 5.04. The SMILES string of the molecule is O=C(Nc1cccc(Cl)c1)c1ccnc(NCCc2ccc(F)cc2)c1. The number of amides is 1. The second-order valence-electron chi connectivity index (χ2n) is 5.70. The van der Waals surface area contributed by atoms with Gasteiger partial charge in [-0.25, -0.2) is 9.37 Å². The standard InChI is InChI=1S/C20H17ClFN3O/c21-16-2-1-3-18(13-16)25-20(26)15-9-11-24-19(12-15)23-10-8-14-4-6-17(22)7-5-14/h1-7,9,11-13H,8,10H2,(H,23,24)(H,25,26). The fraction of sp³-hybridized carbons (Fsp3) is 0.100. The van der Waals surface area contributed by atoms with Crippen LogP contribution in [0.5, 0.6) is 0 Å². The molecule has 4 nitrogen and oxygen atoms in total. The molecule has 6 heteroatoms. The molecule has 0 unspecified atom stereocenters. The molecule has 0 aliphatic rings. The molecule has 132 valence electrons. The van der Waals surface area contributed by atoms with Crippen molar-refractivity contribution in [3.8, 4) is 0 Å². The molecule has 0 spiro atoms. The molecule has 2 N–H and O–H groups in total. The van der Waals surface area contributed by atoms with Gasteiger partial charge in [0.2, 0.25) is 0 Å². The summed E-state index contributed by atoms with van der Waals surface area (Å²) in [4.78, 5) is 16.6. The maximum absolute atomic E-state index is 12.9. The van der Waals surface area contributed by atoms with E-state index in [0.29, 0.717) is 28.6 Å². The lowest BCUT2D eigenvalue weighted by atomic mass is 10.1. The normalized spacial score (nSPS) is 10.4. The van der Waals surface area contributed by atoms with E-state index >= 15 is 0 Å². The molecule has 0 bridgehead atoms. The van der Waals surface area contributed by atoms with Crippen LogP contribution in [0.25, 0.3) is 0 Å². The number of pyridine rings is 1. The van der Waals surface area contributed by atoms with Crippen molar-refractivity contribution in [3.05, 3.63) is 88.8 Å². The Hall–Kier alpha value is -2.92. The number of carbonyl (C=O) groups is 1. The minimum absolute atomic E-state index is 0.240. The number of carbonyl (C=O) groups excluding carboxylic acids is 1. The predicted molar refractivity (Wildman–Crippen MR) is 102 cm³/mol. The van der Waals surface area contributed by atoms with Crippen LogP contribution in [0.15, 0.2) is 66.9 Å². The summed E-state index contributed by atoms with van der Waals surface area (Å²) in [5, 5.41) is 6.53. The number of hydrogen-bond donors (Lipinski definition) is 2. The first-order valence-corrected chi connectivity index (χ1v) is 8.49. The van der Waals surface area contributed by atoms with Crippen molar-refractivity contribution in [1.29, 1.82) is 0 Å². The predicted octanol–water partition coefficient (Wildman–Crippen LogP) is 4.78. The highest BCUT2D eigenvalue weighted by atomic mass is 35.5. The number of rotatable bonds is 6. The van der Waals surface area contributed by atoms with Gasteiger partial charge in [0.05, 0.1) is 0 Å². The topological polar surface area (TPSA) is 54.0 Å². The summed E-state index contributed by atoms with van der Waals surface area (Å²) in [6.45, 7) is 0.623. The summed E-state index contributed by atoms with van der Waals surface area (Å²) < 4.78 is 12.9. The number of aromatic nitrogens is 1. The van der Waals surface area contributed by atoms with Crippen LogP contribution in [-0.2, 0) is 6.42 Å². The van der Waals surface area contributed by atoms with Crippen LogP contribution >= 0.6 is 11.6 Å². The third-order valence-corrected chi connectivity index (χ3v) is 3.97. The van der Waals surface area contributed by atoms with Crippen molar-refractivity contribution >= 4 is 29.0 Å². The summed E-state index contributed by atoms with van der Waals surface area (Å²) in [6, 6.07) is 16.7. The monoisotopic (exact) mass is 369 g/mol. The molecule has 3 aromatic rings. The summed E-state index contributed by atoms with van der Waals surface area (Å²) in [5.41, 5.74) is 2.14. The first-order valence-electron chi connectivity index (χ1n) is 8.11. The minimum atomic E-state index is -0.248. The van der Waals surface area contributed by atoms with Gasteiger partial charge < -0.3 is 10.6 Å². The molecular weight excluding hydrogens is 353 g/mol. The first-order chi connectivity index (χ1) is 12.6. The smallest absolute Gasteiger partial charge is 0.255 e. The zero-order valence-corrected chi connectivity index (χ0v) is 14.6. The van der Waals surface area contributed by atoms with Crippen LogP contribution in [0.4, 0.5) is 15.9 Å². The van der Waals surface area contributed by atoms with E-state index in [9.17, 15) is 9.18 Å². The summed E-state index contributed by atoms with van der Waals surface area (Å²) in [5.74, 6) is 0.115. The quantitative estimate of drug-likeness (QED) is 0.657. The van der Waals surface area contributed by atoms with Crippen molar-refractivity contribution in [2.24, 2.45) is 0 Å². The Labute approximate surface area is 156 Å². The Morgan fingerprint density at radius 2 is 1.88 bits per heavy atom. The number of hydrogen-bond acceptors (Lipinski definition) is 3. The van der Waals surface area contributed by atoms with Crippen LogP contribution in [0.2, 0.25) is 5.02 Å². The first kappa shape index (κ1) is 17.9. The van der Waals surface area contributed by atoms with Crippen LogP contribution in [0.1, 0.15) is 15.9 Å². The fourth-order valence-corrected chi connectivity index (χ4v) is 2.61. The van der Waals surface area contributed by atoms with Gasteiger partial charge in [-0.1, -0.05) is 29.8 Å². The second kappa shape index (κ2) is 8.45. The number of anilines is 2. The molecule has 0 aliphatic heterocycles. The molecular formula is C20H17ClFN3O. The Balaban J connectivity index is 1.58. The van der Waals surface area contributed by atoms with E-state index in [1.165, 1.54) is 12.1 Å². The Morgan fingerprint density at radius 1 is 1.08 bits per heavy atom. The van der Waals surface area contributed by atoms with Crippen LogP contribution in [-0.4, -0.2) is 17.4 Å². The lowest BCUT2D eigenvalue weighted by Crippen LogP contribution is -2.13. The Morgan fingerprint density at radius 3 is 2.65 bits per heavy atom. The van der Waals surface area contributed by atoms with Gasteiger partial charge in [0.25, 0.3) is 5.91 Å². The molecule has 0 saturated carbocycles. The van der Waals surface area contributed by atoms with Crippen molar-refractivity contribution in [3.63, 3.8) is 0 Å². The van der Waals surface area contributed by atoms with E-state index in [-0.39, 0.29) is 11.7 Å². The average molecular weight is 370 g/mol. The Bertz CT molecular complexity index is 900. The molecule has 1 amide bonds. The summed E-state index contributed by atoms with van der Waals surface area (Å²) in [7, 11) is 0. The van der Waals surface area contributed by atoms with Crippen molar-refractivity contribution in [1.82, 2.24) is 4.98 Å². The number of nitrogens with one attached hydrogen (secondary N) is 2. The van der Waals surface area contributed by atoms with Gasteiger partial charge in [0.15, 0.2) is 0 Å². The Kier molecular flexibility index (Phi) is 5.81. The van der Waals surface area contributed by atoms with E-state index in [0.717, 1.165) is 12.0 Å². The highest BCUT2D eigenvalue weighted by Crippen LogP contribution is 2.16. The maximum atomic E-state index is 12.9. The fourth-order valence-electron chi connectivity index (χ4n) is 2.42. The molecule has 0 radical (unpaired) electrons. The molecule has 1 aromatic heterocycles. The summed E-state index contributed by atoms with van der Waals surface area (Å²) >= 11 is 5.92. The van der Waals surface area contributed by atoms with E-state index < -0.39 is 0 Å². The molecule has 0 atom stereocenters. The van der Waals surface area contributed by atoms with Gasteiger partial charge in [0.1, 0.15) is 11.6 Å². The third-order valence-electron chi connectivity index (χ3n) is 3.74. The lowest BCUT2D eigenvalue weighted by Gasteiger charge is -2.09. The molecule has 0 aliphatic carbocycles. The highest BCUT2D eigenvalue weighted by molar-refractivity contribution is 6.30. The van der Waals surface area contributed by atoms with Crippen LogP contribution in [0.3, 0.4) is 0 Å². The van der Waals surface area contributed by atoms with Crippen molar-refractivity contribution in [2.45, 2.75) is 6.42 Å². The molecule has 0 saturated heterocycles.